The lowest BCUT2D eigenvalue weighted by atomic mass is 10.2. The van der Waals surface area contributed by atoms with Crippen LogP contribution < -0.4 is 5.56 Å². The molecule has 0 aliphatic heterocycles. The van der Waals surface area contributed by atoms with Gasteiger partial charge in [-0.05, 0) is 19.1 Å². The minimum absolute atomic E-state index is 0.217. The van der Waals surface area contributed by atoms with E-state index < -0.39 is 0 Å². The summed E-state index contributed by atoms with van der Waals surface area (Å²) in [5, 5.41) is 0.400. The Morgan fingerprint density at radius 2 is 2.00 bits per heavy atom. The summed E-state index contributed by atoms with van der Waals surface area (Å²) in [4.78, 5) is 11.7. The summed E-state index contributed by atoms with van der Waals surface area (Å²) in [5.41, 5.74) is 0.976. The molecular formula is C13H11ClFNO. The van der Waals surface area contributed by atoms with E-state index >= 15 is 0 Å². The molecule has 0 spiro atoms. The third-order valence-corrected chi connectivity index (χ3v) is 2.80. The fourth-order valence-corrected chi connectivity index (χ4v) is 1.94. The largest absolute Gasteiger partial charge is 0.308 e. The first-order valence-electron chi connectivity index (χ1n) is 5.18. The van der Waals surface area contributed by atoms with Crippen molar-refractivity contribution < 1.29 is 4.39 Å². The van der Waals surface area contributed by atoms with Crippen molar-refractivity contribution in [3.63, 3.8) is 0 Å². The van der Waals surface area contributed by atoms with Crippen molar-refractivity contribution in [2.45, 2.75) is 13.5 Å². The first-order valence-corrected chi connectivity index (χ1v) is 5.56. The minimum Gasteiger partial charge on any atom is -0.308 e. The summed E-state index contributed by atoms with van der Waals surface area (Å²) in [5.74, 6) is -0.311. The summed E-state index contributed by atoms with van der Waals surface area (Å²) in [6.07, 6.45) is 0. The van der Waals surface area contributed by atoms with Crippen LogP contribution >= 0.6 is 11.6 Å². The Balaban J connectivity index is 2.44. The molecule has 0 unspecified atom stereocenters. The van der Waals surface area contributed by atoms with Gasteiger partial charge in [-0.3, -0.25) is 4.79 Å². The average Bonchev–Trinajstić information content (AvgIpc) is 2.25. The molecule has 0 aliphatic rings. The number of benzene rings is 1. The molecule has 0 N–H and O–H groups in total. The van der Waals surface area contributed by atoms with E-state index in [0.29, 0.717) is 16.3 Å². The summed E-state index contributed by atoms with van der Waals surface area (Å²) in [6.45, 7) is 1.99. The monoisotopic (exact) mass is 251 g/mol. The van der Waals surface area contributed by atoms with Gasteiger partial charge in [-0.1, -0.05) is 29.8 Å². The number of aryl methyl sites for hydroxylation is 1. The van der Waals surface area contributed by atoms with E-state index in [1.165, 1.54) is 16.7 Å². The molecule has 88 valence electrons. The van der Waals surface area contributed by atoms with E-state index in [9.17, 15) is 9.18 Å². The lowest BCUT2D eigenvalue weighted by Crippen LogP contribution is -2.22. The van der Waals surface area contributed by atoms with Crippen LogP contribution in [0.25, 0.3) is 0 Å². The summed E-state index contributed by atoms with van der Waals surface area (Å²) in [7, 11) is 0. The number of rotatable bonds is 2. The Morgan fingerprint density at radius 1 is 1.29 bits per heavy atom. The highest BCUT2D eigenvalue weighted by Gasteiger charge is 2.06. The van der Waals surface area contributed by atoms with Crippen molar-refractivity contribution >= 4 is 11.6 Å². The summed E-state index contributed by atoms with van der Waals surface area (Å²) < 4.78 is 15.0. The Morgan fingerprint density at radius 3 is 2.65 bits per heavy atom. The lowest BCUT2D eigenvalue weighted by molar-refractivity contribution is 0.593. The van der Waals surface area contributed by atoms with Crippen LogP contribution in [0, 0.1) is 12.7 Å². The molecule has 0 saturated carbocycles. The highest BCUT2D eigenvalue weighted by Crippen LogP contribution is 2.11. The van der Waals surface area contributed by atoms with E-state index in [2.05, 4.69) is 0 Å². The van der Waals surface area contributed by atoms with Crippen LogP contribution in [0.5, 0.6) is 0 Å². The maximum atomic E-state index is 13.5. The Labute approximate surface area is 103 Å². The number of halogens is 2. The molecule has 0 atom stereocenters. The van der Waals surface area contributed by atoms with Crippen LogP contribution in [-0.4, -0.2) is 4.57 Å². The van der Waals surface area contributed by atoms with Crippen LogP contribution in [0.1, 0.15) is 11.3 Å². The van der Waals surface area contributed by atoms with Gasteiger partial charge in [0.15, 0.2) is 0 Å². The second-order valence-electron chi connectivity index (χ2n) is 3.83. The Bertz CT molecular complexity index is 607. The second-order valence-corrected chi connectivity index (χ2v) is 4.27. The van der Waals surface area contributed by atoms with Gasteiger partial charge < -0.3 is 4.57 Å². The molecule has 1 heterocycles. The Kier molecular flexibility index (Phi) is 3.29. The third-order valence-electron chi connectivity index (χ3n) is 2.59. The minimum atomic E-state index is -0.311. The van der Waals surface area contributed by atoms with E-state index in [4.69, 9.17) is 11.6 Å². The molecule has 2 nitrogen and oxygen atoms in total. The molecule has 0 amide bonds. The van der Waals surface area contributed by atoms with Crippen LogP contribution in [0.4, 0.5) is 4.39 Å². The lowest BCUT2D eigenvalue weighted by Gasteiger charge is -2.10. The molecule has 0 bridgehead atoms. The van der Waals surface area contributed by atoms with E-state index in [-0.39, 0.29) is 17.9 Å². The zero-order valence-electron chi connectivity index (χ0n) is 9.28. The summed E-state index contributed by atoms with van der Waals surface area (Å²) >= 11 is 5.77. The Hall–Kier alpha value is -1.61. The molecule has 0 fully saturated rings. The van der Waals surface area contributed by atoms with E-state index in [1.807, 2.05) is 0 Å². The fourth-order valence-electron chi connectivity index (χ4n) is 1.69. The van der Waals surface area contributed by atoms with Gasteiger partial charge in [0.1, 0.15) is 5.82 Å². The topological polar surface area (TPSA) is 22.0 Å². The molecule has 2 aromatic rings. The molecule has 2 rings (SSSR count). The number of pyridine rings is 1. The van der Waals surface area contributed by atoms with E-state index in [1.54, 1.807) is 31.2 Å². The zero-order chi connectivity index (χ0) is 12.4. The highest BCUT2D eigenvalue weighted by atomic mass is 35.5. The van der Waals surface area contributed by atoms with Gasteiger partial charge >= 0.3 is 0 Å². The van der Waals surface area contributed by atoms with Gasteiger partial charge in [0.2, 0.25) is 0 Å². The zero-order valence-corrected chi connectivity index (χ0v) is 10.0. The van der Waals surface area contributed by atoms with Gasteiger partial charge in [0.05, 0.1) is 6.54 Å². The number of aromatic nitrogens is 1. The van der Waals surface area contributed by atoms with Gasteiger partial charge in [0, 0.05) is 22.3 Å². The first kappa shape index (κ1) is 11.9. The van der Waals surface area contributed by atoms with Gasteiger partial charge in [-0.15, -0.1) is 0 Å². The SMILES string of the molecule is Cc1cc(Cl)cc(=O)n1Cc1ccccc1F. The smallest absolute Gasteiger partial charge is 0.252 e. The number of hydrogen-bond donors (Lipinski definition) is 0. The molecular weight excluding hydrogens is 241 g/mol. The first-order chi connectivity index (χ1) is 8.08. The van der Waals surface area contributed by atoms with Crippen molar-refractivity contribution in [1.82, 2.24) is 4.57 Å². The van der Waals surface area contributed by atoms with Gasteiger partial charge in [0.25, 0.3) is 5.56 Å². The predicted molar refractivity (Wildman–Crippen MR) is 66.0 cm³/mol. The van der Waals surface area contributed by atoms with Gasteiger partial charge in [-0.25, -0.2) is 4.39 Å². The van der Waals surface area contributed by atoms with Crippen LogP contribution in [-0.2, 0) is 6.54 Å². The molecule has 4 heteroatoms. The fraction of sp³-hybridized carbons (Fsp3) is 0.154. The van der Waals surface area contributed by atoms with Crippen LogP contribution in [0.3, 0.4) is 0 Å². The summed E-state index contributed by atoms with van der Waals surface area (Å²) in [6, 6.07) is 9.42. The highest BCUT2D eigenvalue weighted by molar-refractivity contribution is 6.30. The van der Waals surface area contributed by atoms with Crippen molar-refractivity contribution in [2.75, 3.05) is 0 Å². The molecule has 1 aromatic carbocycles. The molecule has 0 radical (unpaired) electrons. The average molecular weight is 252 g/mol. The van der Waals surface area contributed by atoms with Crippen molar-refractivity contribution in [3.8, 4) is 0 Å². The van der Waals surface area contributed by atoms with Crippen LogP contribution in [0.2, 0.25) is 5.02 Å². The maximum absolute atomic E-state index is 13.5. The van der Waals surface area contributed by atoms with Crippen molar-refractivity contribution in [1.29, 1.82) is 0 Å². The van der Waals surface area contributed by atoms with Crippen LogP contribution in [0.15, 0.2) is 41.2 Å². The molecule has 1 aromatic heterocycles. The quantitative estimate of drug-likeness (QED) is 0.804. The van der Waals surface area contributed by atoms with E-state index in [0.717, 1.165) is 0 Å². The molecule has 0 saturated heterocycles. The predicted octanol–water partition coefficient (Wildman–Crippen LogP) is 3.00. The number of nitrogens with zero attached hydrogens (tertiary/aromatic N) is 1. The third kappa shape index (κ3) is 2.56. The molecule has 17 heavy (non-hydrogen) atoms. The maximum Gasteiger partial charge on any atom is 0.252 e. The van der Waals surface area contributed by atoms with Crippen molar-refractivity contribution in [2.24, 2.45) is 0 Å². The van der Waals surface area contributed by atoms with Crippen molar-refractivity contribution in [3.05, 3.63) is 68.8 Å². The van der Waals surface area contributed by atoms with Gasteiger partial charge in [-0.2, -0.15) is 0 Å². The molecule has 0 aliphatic carbocycles. The standard InChI is InChI=1S/C13H11ClFNO/c1-9-6-11(14)7-13(17)16(9)8-10-4-2-3-5-12(10)15/h2-7H,8H2,1H3. The second kappa shape index (κ2) is 4.72. The number of hydrogen-bond acceptors (Lipinski definition) is 1. The normalized spacial score (nSPS) is 10.5.